The second-order valence-electron chi connectivity index (χ2n) is 19.2. The number of fused-ring (bicyclic) bond motifs is 13. The normalized spacial score (nSPS) is 14.8. The van der Waals surface area contributed by atoms with Gasteiger partial charge < -0.3 is 14.2 Å². The Kier molecular flexibility index (Phi) is 8.13. The van der Waals surface area contributed by atoms with Crippen LogP contribution in [-0.4, -0.2) is 0 Å². The van der Waals surface area contributed by atoms with Crippen molar-refractivity contribution in [2.45, 2.75) is 51.4 Å². The molecule has 312 valence electrons. The Labute approximate surface area is 380 Å². The zero-order valence-electron chi connectivity index (χ0n) is 37.2. The van der Waals surface area contributed by atoms with Gasteiger partial charge >= 0.3 is 0 Å². The van der Waals surface area contributed by atoms with E-state index in [1.54, 1.807) is 0 Å². The average molecular weight is 837 g/mol. The first kappa shape index (κ1) is 37.9. The van der Waals surface area contributed by atoms with E-state index in [2.05, 4.69) is 232 Å². The summed E-state index contributed by atoms with van der Waals surface area (Å²) in [7, 11) is 0. The molecular formula is C62H48N2O. The standard InChI is InChI=1S/C62H48N2O/c1-61(2)51-29-17-15-23-43(51)45-33-31-41(35-53(45)61)63(39-19-7-5-8-20-39)55-37-57-59(49-27-13-11-25-47(49)55)60-50-28-14-12-26-48(50)56(38-58(60)65-57)64(40-21-9-6-10-22-40)42-32-34-46-44-24-16-18-30-52(44)62(3,4)54(46)36-42/h5-11,13-25,27-38H,12,26H2,1-4H3. The Hall–Kier alpha value is -7.62. The molecule has 3 heteroatoms. The quantitative estimate of drug-likeness (QED) is 0.166. The summed E-state index contributed by atoms with van der Waals surface area (Å²) in [6, 6.07) is 67.1. The predicted octanol–water partition coefficient (Wildman–Crippen LogP) is 17.3. The number of anilines is 6. The highest BCUT2D eigenvalue weighted by Gasteiger charge is 2.38. The van der Waals surface area contributed by atoms with Crippen molar-refractivity contribution in [2.75, 3.05) is 9.80 Å². The number of furan rings is 1. The molecule has 0 bridgehead atoms. The summed E-state index contributed by atoms with van der Waals surface area (Å²) in [5, 5.41) is 4.71. The predicted molar refractivity (Wildman–Crippen MR) is 273 cm³/mol. The molecule has 3 nitrogen and oxygen atoms in total. The van der Waals surface area contributed by atoms with Gasteiger partial charge in [-0.2, -0.15) is 0 Å². The second kappa shape index (κ2) is 13.9. The zero-order chi connectivity index (χ0) is 43.6. The third kappa shape index (κ3) is 5.48. The van der Waals surface area contributed by atoms with Crippen LogP contribution in [0.2, 0.25) is 0 Å². The summed E-state index contributed by atoms with van der Waals surface area (Å²) in [6.07, 6.45) is 6.61. The minimum Gasteiger partial charge on any atom is -0.456 e. The van der Waals surface area contributed by atoms with Crippen LogP contribution in [0.3, 0.4) is 0 Å². The lowest BCUT2D eigenvalue weighted by atomic mass is 9.82. The van der Waals surface area contributed by atoms with E-state index in [9.17, 15) is 0 Å². The number of para-hydroxylation sites is 2. The van der Waals surface area contributed by atoms with Crippen LogP contribution >= 0.6 is 0 Å². The molecule has 9 aromatic carbocycles. The van der Waals surface area contributed by atoms with Crippen LogP contribution in [0, 0.1) is 0 Å². The first-order chi connectivity index (χ1) is 31.8. The highest BCUT2D eigenvalue weighted by molar-refractivity contribution is 6.25. The molecule has 0 unspecified atom stereocenters. The number of benzene rings is 9. The molecule has 0 aliphatic heterocycles. The van der Waals surface area contributed by atoms with Crippen molar-refractivity contribution in [1.82, 2.24) is 0 Å². The lowest BCUT2D eigenvalue weighted by molar-refractivity contribution is 0.660. The minimum atomic E-state index is -0.131. The Bertz CT molecular complexity index is 3610. The molecule has 0 radical (unpaired) electrons. The number of hydrogen-bond acceptors (Lipinski definition) is 3. The molecule has 0 fully saturated rings. The number of hydrogen-bond donors (Lipinski definition) is 0. The van der Waals surface area contributed by atoms with Crippen LogP contribution in [-0.2, 0) is 17.3 Å². The third-order valence-electron chi connectivity index (χ3n) is 14.9. The smallest absolute Gasteiger partial charge is 0.138 e. The third-order valence-corrected chi connectivity index (χ3v) is 14.9. The summed E-state index contributed by atoms with van der Waals surface area (Å²) in [5.74, 6) is 0. The van der Waals surface area contributed by atoms with Gasteiger partial charge in [-0.3, -0.25) is 0 Å². The summed E-state index contributed by atoms with van der Waals surface area (Å²) >= 11 is 0. The number of nitrogens with zero attached hydrogens (tertiary/aromatic N) is 2. The molecule has 13 rings (SSSR count). The molecule has 1 heterocycles. The van der Waals surface area contributed by atoms with E-state index in [0.717, 1.165) is 63.5 Å². The van der Waals surface area contributed by atoms with Gasteiger partial charge in [-0.15, -0.1) is 0 Å². The summed E-state index contributed by atoms with van der Waals surface area (Å²) in [5.41, 5.74) is 21.6. The monoisotopic (exact) mass is 836 g/mol. The number of rotatable bonds is 6. The molecule has 3 aliphatic rings. The lowest BCUT2D eigenvalue weighted by Crippen LogP contribution is -2.17. The fourth-order valence-corrected chi connectivity index (χ4v) is 11.8. The van der Waals surface area contributed by atoms with E-state index in [1.165, 1.54) is 71.8 Å². The lowest BCUT2D eigenvalue weighted by Gasteiger charge is -2.31. The van der Waals surface area contributed by atoms with Gasteiger partial charge in [0.1, 0.15) is 11.2 Å². The molecule has 65 heavy (non-hydrogen) atoms. The second-order valence-corrected chi connectivity index (χ2v) is 19.2. The zero-order valence-corrected chi connectivity index (χ0v) is 37.2. The minimum absolute atomic E-state index is 0.122. The van der Waals surface area contributed by atoms with Crippen molar-refractivity contribution < 1.29 is 4.42 Å². The highest BCUT2D eigenvalue weighted by atomic mass is 16.3. The van der Waals surface area contributed by atoms with Crippen LogP contribution in [0.4, 0.5) is 34.1 Å². The molecule has 1 aromatic heterocycles. The largest absolute Gasteiger partial charge is 0.456 e. The first-order valence-corrected chi connectivity index (χ1v) is 23.1. The van der Waals surface area contributed by atoms with Crippen LogP contribution in [0.5, 0.6) is 0 Å². The SMILES string of the molecule is CC1(C)c2ccccc2-c2ccc(N(c3ccccc3)c3cc4oc5cc(N(c6ccccc6)c6ccc7c(c6)C(C)(C)c6ccccc6-7)c6ccccc6c5c4c4c3CCC=C4)cc21. The Balaban J connectivity index is 1.04. The van der Waals surface area contributed by atoms with Crippen LogP contribution in [0.25, 0.3) is 61.0 Å². The molecular weight excluding hydrogens is 789 g/mol. The van der Waals surface area contributed by atoms with Gasteiger partial charge in [0.25, 0.3) is 0 Å². The average Bonchev–Trinajstić information content (AvgIpc) is 3.92. The van der Waals surface area contributed by atoms with Crippen molar-refractivity contribution in [2.24, 2.45) is 0 Å². The fraction of sp³-hybridized carbons (Fsp3) is 0.129. The van der Waals surface area contributed by atoms with E-state index in [-0.39, 0.29) is 10.8 Å². The van der Waals surface area contributed by atoms with Gasteiger partial charge in [0, 0.05) is 61.9 Å². The van der Waals surface area contributed by atoms with E-state index >= 15 is 0 Å². The van der Waals surface area contributed by atoms with Gasteiger partial charge in [-0.1, -0.05) is 161 Å². The maximum Gasteiger partial charge on any atom is 0.138 e. The van der Waals surface area contributed by atoms with Crippen molar-refractivity contribution in [1.29, 1.82) is 0 Å². The van der Waals surface area contributed by atoms with Crippen molar-refractivity contribution in [3.05, 3.63) is 221 Å². The van der Waals surface area contributed by atoms with Gasteiger partial charge in [-0.25, -0.2) is 0 Å². The maximum absolute atomic E-state index is 7.26. The summed E-state index contributed by atoms with van der Waals surface area (Å²) in [4.78, 5) is 4.90. The van der Waals surface area contributed by atoms with E-state index in [1.807, 2.05) is 0 Å². The van der Waals surface area contributed by atoms with Gasteiger partial charge in [-0.05, 0) is 122 Å². The molecule has 3 aliphatic carbocycles. The molecule has 10 aromatic rings. The highest BCUT2D eigenvalue weighted by Crippen LogP contribution is 2.54. The molecule has 0 amide bonds. The number of allylic oxidation sites excluding steroid dienone is 1. The van der Waals surface area contributed by atoms with Crippen LogP contribution < -0.4 is 9.80 Å². The summed E-state index contributed by atoms with van der Waals surface area (Å²) in [6.45, 7) is 9.44. The molecule has 0 saturated carbocycles. The molecule has 0 N–H and O–H groups in total. The van der Waals surface area contributed by atoms with Crippen LogP contribution in [0.1, 0.15) is 67.5 Å². The van der Waals surface area contributed by atoms with Crippen LogP contribution in [0.15, 0.2) is 192 Å². The van der Waals surface area contributed by atoms with Gasteiger partial charge in [0.05, 0.1) is 11.4 Å². The first-order valence-electron chi connectivity index (χ1n) is 23.1. The molecule has 0 spiro atoms. The Morgan fingerprint density at radius 2 is 0.892 bits per heavy atom. The van der Waals surface area contributed by atoms with Gasteiger partial charge in [0.2, 0.25) is 0 Å². The van der Waals surface area contributed by atoms with E-state index < -0.39 is 0 Å². The van der Waals surface area contributed by atoms with Gasteiger partial charge in [0.15, 0.2) is 0 Å². The van der Waals surface area contributed by atoms with E-state index in [0.29, 0.717) is 0 Å². The van der Waals surface area contributed by atoms with Crippen molar-refractivity contribution in [3.63, 3.8) is 0 Å². The maximum atomic E-state index is 7.26. The summed E-state index contributed by atoms with van der Waals surface area (Å²) < 4.78 is 7.26. The Morgan fingerprint density at radius 1 is 0.415 bits per heavy atom. The van der Waals surface area contributed by atoms with E-state index in [4.69, 9.17) is 4.42 Å². The Morgan fingerprint density at radius 3 is 1.49 bits per heavy atom. The molecule has 0 saturated heterocycles. The topological polar surface area (TPSA) is 19.6 Å². The molecule has 0 atom stereocenters. The van der Waals surface area contributed by atoms with Crippen molar-refractivity contribution >= 4 is 72.9 Å². The fourth-order valence-electron chi connectivity index (χ4n) is 11.8. The van der Waals surface area contributed by atoms with Crippen molar-refractivity contribution in [3.8, 4) is 22.3 Å².